The topological polar surface area (TPSA) is 12.9 Å². The summed E-state index contributed by atoms with van der Waals surface area (Å²) in [4.78, 5) is 4.61. The lowest BCUT2D eigenvalue weighted by Crippen LogP contribution is -1.83. The van der Waals surface area contributed by atoms with Crippen LogP contribution in [0.25, 0.3) is 45.8 Å². The number of hydrogen-bond acceptors (Lipinski definition) is 1. The average Bonchev–Trinajstić information content (AvgIpc) is 2.82. The largest absolute Gasteiger partial charge is 0.256 e. The number of hydrogen-bond donors (Lipinski definition) is 0. The van der Waals surface area contributed by atoms with Gasteiger partial charge in [-0.3, -0.25) is 4.98 Å². The van der Waals surface area contributed by atoms with Gasteiger partial charge in [0.25, 0.3) is 0 Å². The lowest BCUT2D eigenvalue weighted by Gasteiger charge is -2.02. The molecule has 0 aliphatic rings. The third-order valence-corrected chi connectivity index (χ3v) is 5.34. The fraction of sp³-hybridized carbons (Fsp3) is 0. The van der Waals surface area contributed by atoms with Crippen LogP contribution in [0.3, 0.4) is 0 Å². The molecule has 1 aromatic heterocycles. The maximum absolute atomic E-state index is 4.61. The van der Waals surface area contributed by atoms with Crippen molar-refractivity contribution in [2.45, 2.75) is 0 Å². The molecule has 1 heterocycles. The second-order valence-electron chi connectivity index (χ2n) is 7.32. The highest BCUT2D eigenvalue weighted by Gasteiger charge is 1.98. The van der Waals surface area contributed by atoms with Gasteiger partial charge in [0.1, 0.15) is 0 Å². The summed E-state index contributed by atoms with van der Waals surface area (Å²) < 4.78 is 0. The molecule has 0 aliphatic carbocycles. The van der Waals surface area contributed by atoms with Gasteiger partial charge < -0.3 is 0 Å². The molecule has 0 amide bonds. The van der Waals surface area contributed by atoms with Crippen molar-refractivity contribution in [2.75, 3.05) is 0 Å². The monoisotopic (exact) mass is 383 g/mol. The standard InChI is InChI=1S/C29H21N/c1-3-13-28-23(7-1)9-5-11-25(28)17-15-22-16-19-27(30-21-22)20-18-26-12-6-10-24-8-2-4-14-29(24)26/h1-21H. The van der Waals surface area contributed by atoms with Gasteiger partial charge in [0, 0.05) is 6.20 Å². The van der Waals surface area contributed by atoms with E-state index in [1.54, 1.807) is 0 Å². The third-order valence-electron chi connectivity index (χ3n) is 5.34. The quantitative estimate of drug-likeness (QED) is 0.309. The van der Waals surface area contributed by atoms with E-state index in [1.807, 2.05) is 6.20 Å². The van der Waals surface area contributed by atoms with E-state index in [0.717, 1.165) is 11.3 Å². The van der Waals surface area contributed by atoms with Crippen molar-refractivity contribution < 1.29 is 0 Å². The predicted molar refractivity (Wildman–Crippen MR) is 130 cm³/mol. The van der Waals surface area contributed by atoms with Crippen molar-refractivity contribution in [3.8, 4) is 0 Å². The van der Waals surface area contributed by atoms with Crippen molar-refractivity contribution in [1.82, 2.24) is 4.98 Å². The zero-order chi connectivity index (χ0) is 20.2. The number of aromatic nitrogens is 1. The minimum atomic E-state index is 0.949. The Hall–Kier alpha value is -3.97. The van der Waals surface area contributed by atoms with Crippen LogP contribution in [0.4, 0.5) is 0 Å². The van der Waals surface area contributed by atoms with E-state index in [1.165, 1.54) is 32.7 Å². The molecule has 0 aliphatic heterocycles. The molecule has 30 heavy (non-hydrogen) atoms. The van der Waals surface area contributed by atoms with Gasteiger partial charge in [-0.15, -0.1) is 0 Å². The number of pyridine rings is 1. The second-order valence-corrected chi connectivity index (χ2v) is 7.32. The van der Waals surface area contributed by atoms with Crippen LogP contribution in [0.2, 0.25) is 0 Å². The summed E-state index contributed by atoms with van der Waals surface area (Å²) in [6.07, 6.45) is 10.4. The molecule has 0 N–H and O–H groups in total. The average molecular weight is 383 g/mol. The number of rotatable bonds is 4. The highest BCUT2D eigenvalue weighted by atomic mass is 14.7. The molecule has 0 saturated carbocycles. The molecule has 4 aromatic carbocycles. The lowest BCUT2D eigenvalue weighted by molar-refractivity contribution is 1.29. The highest BCUT2D eigenvalue weighted by Crippen LogP contribution is 2.22. The smallest absolute Gasteiger partial charge is 0.0630 e. The van der Waals surface area contributed by atoms with Crippen molar-refractivity contribution in [3.05, 3.63) is 126 Å². The Labute approximate surface area is 176 Å². The van der Waals surface area contributed by atoms with E-state index in [4.69, 9.17) is 0 Å². The Morgan fingerprint density at radius 2 is 1.03 bits per heavy atom. The first-order valence-electron chi connectivity index (χ1n) is 10.1. The first-order valence-corrected chi connectivity index (χ1v) is 10.1. The van der Waals surface area contributed by atoms with E-state index >= 15 is 0 Å². The molecule has 0 saturated heterocycles. The van der Waals surface area contributed by atoms with E-state index < -0.39 is 0 Å². The van der Waals surface area contributed by atoms with Crippen molar-refractivity contribution in [2.24, 2.45) is 0 Å². The molecule has 0 spiro atoms. The molecular weight excluding hydrogens is 362 g/mol. The summed E-state index contributed by atoms with van der Waals surface area (Å²) in [7, 11) is 0. The van der Waals surface area contributed by atoms with Crippen molar-refractivity contribution in [3.63, 3.8) is 0 Å². The fourth-order valence-corrected chi connectivity index (χ4v) is 3.77. The molecule has 5 rings (SSSR count). The summed E-state index contributed by atoms with van der Waals surface area (Å²) in [6.45, 7) is 0. The van der Waals surface area contributed by atoms with Gasteiger partial charge >= 0.3 is 0 Å². The summed E-state index contributed by atoms with van der Waals surface area (Å²) >= 11 is 0. The van der Waals surface area contributed by atoms with Crippen LogP contribution < -0.4 is 0 Å². The minimum Gasteiger partial charge on any atom is -0.256 e. The van der Waals surface area contributed by atoms with Gasteiger partial charge in [0.2, 0.25) is 0 Å². The van der Waals surface area contributed by atoms with E-state index in [2.05, 4.69) is 126 Å². The first-order chi connectivity index (χ1) is 14.9. The van der Waals surface area contributed by atoms with Crippen LogP contribution in [0.1, 0.15) is 22.4 Å². The van der Waals surface area contributed by atoms with Crippen LogP contribution in [-0.2, 0) is 0 Å². The van der Waals surface area contributed by atoms with Crippen molar-refractivity contribution in [1.29, 1.82) is 0 Å². The molecular formula is C29H21N. The summed E-state index contributed by atoms with van der Waals surface area (Å²) in [6, 6.07) is 33.8. The number of fused-ring (bicyclic) bond motifs is 2. The van der Waals surface area contributed by atoms with Gasteiger partial charge in [0.15, 0.2) is 0 Å². The molecule has 1 nitrogen and oxygen atoms in total. The Kier molecular flexibility index (Phi) is 4.93. The van der Waals surface area contributed by atoms with E-state index in [-0.39, 0.29) is 0 Å². The predicted octanol–water partition coefficient (Wildman–Crippen LogP) is 7.73. The molecule has 142 valence electrons. The maximum atomic E-state index is 4.61. The zero-order valence-corrected chi connectivity index (χ0v) is 16.6. The van der Waals surface area contributed by atoms with Gasteiger partial charge in [-0.1, -0.05) is 109 Å². The van der Waals surface area contributed by atoms with Crippen molar-refractivity contribution >= 4 is 45.8 Å². The number of nitrogens with zero attached hydrogens (tertiary/aromatic N) is 1. The lowest BCUT2D eigenvalue weighted by atomic mass is 10.0. The van der Waals surface area contributed by atoms with Gasteiger partial charge in [-0.25, -0.2) is 0 Å². The first kappa shape index (κ1) is 18.1. The Bertz CT molecular complexity index is 1260. The summed E-state index contributed by atoms with van der Waals surface area (Å²) in [5, 5.41) is 5.03. The van der Waals surface area contributed by atoms with Gasteiger partial charge in [-0.2, -0.15) is 0 Å². The molecule has 5 aromatic rings. The van der Waals surface area contributed by atoms with E-state index in [9.17, 15) is 0 Å². The van der Waals surface area contributed by atoms with Crippen LogP contribution in [0.5, 0.6) is 0 Å². The van der Waals surface area contributed by atoms with Gasteiger partial charge in [-0.05, 0) is 50.4 Å². The fourth-order valence-electron chi connectivity index (χ4n) is 3.77. The van der Waals surface area contributed by atoms with Gasteiger partial charge in [0.05, 0.1) is 5.69 Å². The maximum Gasteiger partial charge on any atom is 0.0630 e. The number of benzene rings is 4. The molecule has 0 bridgehead atoms. The molecule has 0 unspecified atom stereocenters. The minimum absolute atomic E-state index is 0.949. The van der Waals surface area contributed by atoms with Crippen LogP contribution in [0, 0.1) is 0 Å². The summed E-state index contributed by atoms with van der Waals surface area (Å²) in [5.41, 5.74) is 4.46. The molecule has 0 atom stereocenters. The Morgan fingerprint density at radius 3 is 1.63 bits per heavy atom. The highest BCUT2D eigenvalue weighted by molar-refractivity contribution is 5.93. The summed E-state index contributed by atoms with van der Waals surface area (Å²) in [5.74, 6) is 0. The van der Waals surface area contributed by atoms with E-state index in [0.29, 0.717) is 0 Å². The van der Waals surface area contributed by atoms with Crippen LogP contribution in [-0.4, -0.2) is 4.98 Å². The molecule has 0 radical (unpaired) electrons. The normalized spacial score (nSPS) is 11.7. The Balaban J connectivity index is 1.36. The second kappa shape index (κ2) is 8.18. The Morgan fingerprint density at radius 1 is 0.467 bits per heavy atom. The van der Waals surface area contributed by atoms with Crippen LogP contribution >= 0.6 is 0 Å². The van der Waals surface area contributed by atoms with Crippen LogP contribution in [0.15, 0.2) is 103 Å². The zero-order valence-electron chi connectivity index (χ0n) is 16.6. The third kappa shape index (κ3) is 3.78. The molecule has 0 fully saturated rings. The molecule has 1 heteroatoms. The SMILES string of the molecule is C(=Cc1cccc2ccccc12)c1ccc(C=Cc2cccc3ccccc23)nc1.